The molecule has 0 aliphatic heterocycles. The molecule has 2 saturated carbocycles. The van der Waals surface area contributed by atoms with Crippen LogP contribution in [-0.2, 0) is 6.54 Å². The number of likely N-dealkylation sites (N-methyl/N-ethyl adjacent to an activating group) is 2. The number of rotatable bonds is 6. The second kappa shape index (κ2) is 7.80. The molecule has 1 heterocycles. The second-order valence-corrected chi connectivity index (χ2v) is 7.97. The Bertz CT molecular complexity index is 465. The molecule has 0 unspecified atom stereocenters. The van der Waals surface area contributed by atoms with Crippen molar-refractivity contribution in [2.75, 3.05) is 27.2 Å². The van der Waals surface area contributed by atoms with E-state index in [1.165, 1.54) is 69.0 Å². The van der Waals surface area contributed by atoms with E-state index in [1.54, 1.807) is 0 Å². The van der Waals surface area contributed by atoms with Gasteiger partial charge in [0.2, 0.25) is 0 Å². The highest BCUT2D eigenvalue weighted by atomic mass is 15.1. The van der Waals surface area contributed by atoms with Crippen LogP contribution in [-0.4, -0.2) is 42.3 Å². The Morgan fingerprint density at radius 3 is 2.65 bits per heavy atom. The lowest BCUT2D eigenvalue weighted by molar-refractivity contribution is 0.113. The van der Waals surface area contributed by atoms with Gasteiger partial charge in [-0.05, 0) is 58.0 Å². The predicted molar refractivity (Wildman–Crippen MR) is 95.6 cm³/mol. The van der Waals surface area contributed by atoms with Crippen LogP contribution in [0.3, 0.4) is 0 Å². The van der Waals surface area contributed by atoms with Crippen LogP contribution in [0.4, 0.5) is 0 Å². The third-order valence-electron chi connectivity index (χ3n) is 6.28. The van der Waals surface area contributed by atoms with Gasteiger partial charge in [0.05, 0.1) is 5.69 Å². The summed E-state index contributed by atoms with van der Waals surface area (Å²) in [4.78, 5) is 2.39. The quantitative estimate of drug-likeness (QED) is 0.841. The fourth-order valence-corrected chi connectivity index (χ4v) is 4.78. The van der Waals surface area contributed by atoms with Crippen LogP contribution in [0, 0.1) is 5.41 Å². The first-order valence-electron chi connectivity index (χ1n) is 9.58. The van der Waals surface area contributed by atoms with Crippen molar-refractivity contribution in [3.8, 4) is 0 Å². The lowest BCUT2D eigenvalue weighted by atomic mass is 9.63. The Morgan fingerprint density at radius 2 is 1.96 bits per heavy atom. The van der Waals surface area contributed by atoms with E-state index in [-0.39, 0.29) is 0 Å². The maximum Gasteiger partial charge on any atom is 0.0697 e. The standard InChI is InChI=1S/C19H34N4/c1-20-12-13-23(2)15-17-14-21-22-18(17)16-6-10-19(11-7-16)8-4-3-5-9-19/h14,16,20H,3-13,15H2,1-2H3,(H,21,22). The van der Waals surface area contributed by atoms with E-state index in [1.807, 2.05) is 7.05 Å². The molecule has 130 valence electrons. The smallest absolute Gasteiger partial charge is 0.0697 e. The van der Waals surface area contributed by atoms with Crippen molar-refractivity contribution >= 4 is 0 Å². The highest BCUT2D eigenvalue weighted by molar-refractivity contribution is 5.21. The molecule has 0 atom stereocenters. The molecular formula is C19H34N4. The molecule has 0 bridgehead atoms. The molecule has 2 fully saturated rings. The molecule has 2 N–H and O–H groups in total. The van der Waals surface area contributed by atoms with Crippen molar-refractivity contribution in [2.45, 2.75) is 70.3 Å². The highest BCUT2D eigenvalue weighted by Gasteiger charge is 2.37. The largest absolute Gasteiger partial charge is 0.318 e. The lowest BCUT2D eigenvalue weighted by Gasteiger charge is -2.43. The number of nitrogens with zero attached hydrogens (tertiary/aromatic N) is 2. The van der Waals surface area contributed by atoms with Gasteiger partial charge in [0.15, 0.2) is 0 Å². The second-order valence-electron chi connectivity index (χ2n) is 7.97. The van der Waals surface area contributed by atoms with Crippen molar-refractivity contribution in [1.29, 1.82) is 0 Å². The summed E-state index contributed by atoms with van der Waals surface area (Å²) in [6.45, 7) is 3.12. The van der Waals surface area contributed by atoms with Gasteiger partial charge in [0.1, 0.15) is 0 Å². The van der Waals surface area contributed by atoms with Crippen LogP contribution < -0.4 is 5.32 Å². The molecule has 0 aromatic carbocycles. The van der Waals surface area contributed by atoms with Crippen LogP contribution in [0.1, 0.15) is 75.0 Å². The van der Waals surface area contributed by atoms with Crippen molar-refractivity contribution < 1.29 is 0 Å². The third-order valence-corrected chi connectivity index (χ3v) is 6.28. The number of hydrogen-bond donors (Lipinski definition) is 2. The minimum absolute atomic E-state index is 0.682. The molecule has 2 aliphatic rings. The molecule has 23 heavy (non-hydrogen) atoms. The lowest BCUT2D eigenvalue weighted by Crippen LogP contribution is -2.30. The van der Waals surface area contributed by atoms with Crippen molar-refractivity contribution in [3.05, 3.63) is 17.5 Å². The number of nitrogens with one attached hydrogen (secondary N) is 2. The van der Waals surface area contributed by atoms with Crippen LogP contribution in [0.5, 0.6) is 0 Å². The molecule has 0 radical (unpaired) electrons. The average molecular weight is 319 g/mol. The molecule has 0 saturated heterocycles. The molecule has 1 aromatic heterocycles. The van der Waals surface area contributed by atoms with Gasteiger partial charge in [0, 0.05) is 37.3 Å². The minimum atomic E-state index is 0.682. The fraction of sp³-hybridized carbons (Fsp3) is 0.842. The summed E-state index contributed by atoms with van der Waals surface area (Å²) < 4.78 is 0. The van der Waals surface area contributed by atoms with Crippen molar-refractivity contribution in [2.24, 2.45) is 5.41 Å². The zero-order chi connectivity index (χ0) is 16.1. The van der Waals surface area contributed by atoms with Crippen LogP contribution in [0.15, 0.2) is 6.20 Å². The van der Waals surface area contributed by atoms with Gasteiger partial charge in [-0.15, -0.1) is 0 Å². The van der Waals surface area contributed by atoms with E-state index in [0.29, 0.717) is 11.3 Å². The molecule has 0 amide bonds. The maximum atomic E-state index is 4.64. The maximum absolute atomic E-state index is 4.64. The molecule has 1 aromatic rings. The number of hydrogen-bond acceptors (Lipinski definition) is 3. The molecule has 4 nitrogen and oxygen atoms in total. The summed E-state index contributed by atoms with van der Waals surface area (Å²) in [7, 11) is 4.21. The van der Waals surface area contributed by atoms with Crippen molar-refractivity contribution in [1.82, 2.24) is 20.4 Å². The Kier molecular flexibility index (Phi) is 5.76. The van der Waals surface area contributed by atoms with Crippen LogP contribution >= 0.6 is 0 Å². The van der Waals surface area contributed by atoms with Gasteiger partial charge in [-0.25, -0.2) is 0 Å². The van der Waals surface area contributed by atoms with E-state index in [0.717, 1.165) is 19.6 Å². The number of aromatic nitrogens is 2. The zero-order valence-electron chi connectivity index (χ0n) is 15.0. The summed E-state index contributed by atoms with van der Waals surface area (Å²) in [5.74, 6) is 0.682. The summed E-state index contributed by atoms with van der Waals surface area (Å²) in [5, 5.41) is 11.0. The highest BCUT2D eigenvalue weighted by Crippen LogP contribution is 2.50. The first kappa shape index (κ1) is 17.0. The normalized spacial score (nSPS) is 22.0. The summed E-state index contributed by atoms with van der Waals surface area (Å²) in [5.41, 5.74) is 3.47. The molecule has 4 heteroatoms. The SMILES string of the molecule is CNCCN(C)Cc1c[nH]nc1C1CCC2(CCCCC2)CC1. The van der Waals surface area contributed by atoms with E-state index in [9.17, 15) is 0 Å². The first-order chi connectivity index (χ1) is 11.2. The van der Waals surface area contributed by atoms with Gasteiger partial charge >= 0.3 is 0 Å². The van der Waals surface area contributed by atoms with Crippen LogP contribution in [0.25, 0.3) is 0 Å². The van der Waals surface area contributed by atoms with Crippen molar-refractivity contribution in [3.63, 3.8) is 0 Å². The molecule has 2 aliphatic carbocycles. The van der Waals surface area contributed by atoms with E-state index in [4.69, 9.17) is 0 Å². The summed E-state index contributed by atoms with van der Waals surface area (Å²) in [6.07, 6.45) is 15.0. The first-order valence-corrected chi connectivity index (χ1v) is 9.58. The Labute approximate surface area is 141 Å². The minimum Gasteiger partial charge on any atom is -0.318 e. The van der Waals surface area contributed by atoms with Crippen LogP contribution in [0.2, 0.25) is 0 Å². The number of H-pyrrole nitrogens is 1. The van der Waals surface area contributed by atoms with Gasteiger partial charge in [0.25, 0.3) is 0 Å². The van der Waals surface area contributed by atoms with Gasteiger partial charge < -0.3 is 10.2 Å². The molecule has 1 spiro atoms. The van der Waals surface area contributed by atoms with Gasteiger partial charge in [-0.2, -0.15) is 5.10 Å². The monoisotopic (exact) mass is 318 g/mol. The third kappa shape index (κ3) is 4.16. The number of aromatic amines is 1. The van der Waals surface area contributed by atoms with E-state index < -0.39 is 0 Å². The summed E-state index contributed by atoms with van der Waals surface area (Å²) >= 11 is 0. The Morgan fingerprint density at radius 1 is 1.22 bits per heavy atom. The Hall–Kier alpha value is -0.870. The predicted octanol–water partition coefficient (Wildman–Crippen LogP) is 3.67. The zero-order valence-corrected chi connectivity index (χ0v) is 15.0. The molecule has 3 rings (SSSR count). The Balaban J connectivity index is 1.57. The summed E-state index contributed by atoms with van der Waals surface area (Å²) in [6, 6.07) is 0. The topological polar surface area (TPSA) is 44.0 Å². The van der Waals surface area contributed by atoms with E-state index in [2.05, 4.69) is 33.7 Å². The molecular weight excluding hydrogens is 284 g/mol. The van der Waals surface area contributed by atoms with Gasteiger partial charge in [-0.3, -0.25) is 5.10 Å². The fourth-order valence-electron chi connectivity index (χ4n) is 4.78. The average Bonchev–Trinajstić information content (AvgIpc) is 3.02. The van der Waals surface area contributed by atoms with E-state index >= 15 is 0 Å². The van der Waals surface area contributed by atoms with Gasteiger partial charge in [-0.1, -0.05) is 19.3 Å².